The van der Waals surface area contributed by atoms with Crippen molar-refractivity contribution in [2.45, 2.75) is 129 Å². The van der Waals surface area contributed by atoms with E-state index in [2.05, 4.69) is 29.0 Å². The number of hydrogen-bond donors (Lipinski definition) is 1. The lowest BCUT2D eigenvalue weighted by atomic mass is 9.84. The Hall–Kier alpha value is -3.51. The second kappa shape index (κ2) is 18.5. The van der Waals surface area contributed by atoms with Crippen LogP contribution in [0.15, 0.2) is 30.3 Å². The average Bonchev–Trinajstić information content (AvgIpc) is 3.79. The first-order chi connectivity index (χ1) is 24.6. The molecule has 290 valence electrons. The van der Waals surface area contributed by atoms with Gasteiger partial charge in [-0.25, -0.2) is 4.79 Å². The molecule has 0 aliphatic carbocycles. The maximum atomic E-state index is 14.3. The highest BCUT2D eigenvalue weighted by Gasteiger charge is 2.44. The van der Waals surface area contributed by atoms with Gasteiger partial charge in [0.05, 0.1) is 25.1 Å². The van der Waals surface area contributed by atoms with Crippen molar-refractivity contribution in [3.05, 3.63) is 35.9 Å². The van der Waals surface area contributed by atoms with Crippen LogP contribution in [0.4, 0.5) is 0 Å². The largest absolute Gasteiger partial charge is 0.466 e. The van der Waals surface area contributed by atoms with Crippen LogP contribution in [0.1, 0.15) is 105 Å². The third kappa shape index (κ3) is 10.3. The molecule has 0 aromatic heterocycles. The molecule has 0 saturated carbocycles. The smallest absolute Gasteiger partial charge is 0.329 e. The summed E-state index contributed by atoms with van der Waals surface area (Å²) in [5.74, 6) is -1.25. The fraction of sp³-hybridized carbons (Fsp3) is 0.725. The molecular weight excluding hydrogens is 662 g/mol. The summed E-state index contributed by atoms with van der Waals surface area (Å²) in [6.07, 6.45) is 4.55. The Balaban J connectivity index is 1.45. The van der Waals surface area contributed by atoms with Crippen LogP contribution in [-0.2, 0) is 33.4 Å². The van der Waals surface area contributed by atoms with E-state index in [9.17, 15) is 24.0 Å². The Morgan fingerprint density at radius 3 is 2.19 bits per heavy atom. The van der Waals surface area contributed by atoms with Crippen LogP contribution in [0, 0.1) is 11.3 Å². The number of likely N-dealkylation sites (tertiary alicyclic amines) is 3. The first-order valence-corrected chi connectivity index (χ1v) is 19.4. The lowest BCUT2D eigenvalue weighted by Crippen LogP contribution is -2.61. The van der Waals surface area contributed by atoms with Crippen molar-refractivity contribution in [1.82, 2.24) is 24.9 Å². The number of benzene rings is 1. The van der Waals surface area contributed by atoms with E-state index in [4.69, 9.17) is 9.47 Å². The van der Waals surface area contributed by atoms with Crippen LogP contribution >= 0.6 is 0 Å². The van der Waals surface area contributed by atoms with Crippen molar-refractivity contribution in [1.29, 1.82) is 0 Å². The number of amides is 3. The molecule has 4 rings (SSSR count). The number of hydrogen-bond acceptors (Lipinski definition) is 9. The highest BCUT2D eigenvalue weighted by Crippen LogP contribution is 2.30. The number of piperidine rings is 1. The van der Waals surface area contributed by atoms with Crippen LogP contribution in [0.3, 0.4) is 0 Å². The number of carbonyl (C=O) groups excluding carboxylic acids is 5. The van der Waals surface area contributed by atoms with Gasteiger partial charge in [0.2, 0.25) is 17.7 Å². The minimum Gasteiger partial charge on any atom is -0.466 e. The van der Waals surface area contributed by atoms with E-state index >= 15 is 0 Å². The Bertz CT molecular complexity index is 1380. The summed E-state index contributed by atoms with van der Waals surface area (Å²) in [5.41, 5.74) is 0.173. The Labute approximate surface area is 310 Å². The van der Waals surface area contributed by atoms with E-state index in [1.807, 2.05) is 65.2 Å². The molecule has 12 nitrogen and oxygen atoms in total. The van der Waals surface area contributed by atoms with Crippen molar-refractivity contribution in [3.8, 4) is 0 Å². The second-order valence-electron chi connectivity index (χ2n) is 16.2. The monoisotopic (exact) mass is 725 g/mol. The minimum absolute atomic E-state index is 0.0786. The molecule has 1 aromatic rings. The average molecular weight is 726 g/mol. The third-order valence-electron chi connectivity index (χ3n) is 11.1. The quantitative estimate of drug-likeness (QED) is 0.281. The molecule has 6 atom stereocenters. The number of esters is 2. The number of ether oxygens (including phenoxy) is 2. The lowest BCUT2D eigenvalue weighted by molar-refractivity contribution is -0.162. The molecule has 52 heavy (non-hydrogen) atoms. The van der Waals surface area contributed by atoms with Crippen LogP contribution in [0.25, 0.3) is 0 Å². The molecule has 0 spiro atoms. The highest BCUT2D eigenvalue weighted by molar-refractivity contribution is 5.91. The van der Waals surface area contributed by atoms with Crippen LogP contribution in [0.5, 0.6) is 0 Å². The van der Waals surface area contributed by atoms with Crippen molar-refractivity contribution >= 4 is 29.7 Å². The van der Waals surface area contributed by atoms with E-state index < -0.39 is 41.6 Å². The second-order valence-corrected chi connectivity index (χ2v) is 16.2. The van der Waals surface area contributed by atoms with E-state index in [0.717, 1.165) is 32.2 Å². The van der Waals surface area contributed by atoms with Crippen molar-refractivity contribution < 1.29 is 33.4 Å². The van der Waals surface area contributed by atoms with Gasteiger partial charge in [-0.2, -0.15) is 0 Å². The van der Waals surface area contributed by atoms with Gasteiger partial charge in [0.25, 0.3) is 0 Å². The van der Waals surface area contributed by atoms with Gasteiger partial charge in [-0.05, 0) is 82.5 Å². The summed E-state index contributed by atoms with van der Waals surface area (Å²) in [6.45, 7) is 14.5. The van der Waals surface area contributed by atoms with Gasteiger partial charge < -0.3 is 24.6 Å². The Morgan fingerprint density at radius 1 is 0.904 bits per heavy atom. The molecule has 0 bridgehead atoms. The SMILES string of the molecule is CCOC(=O)CC(OC(=O)[C@@H]1CCCN1C(=O)[C@@H]1CCCN1C[C@H](C(C)C)N(C)C(=O)[C@@H](NC(=O)[C@H]1CCCCN1C)C(C)(C)C)c1ccccc1. The van der Waals surface area contributed by atoms with E-state index in [1.165, 1.54) is 0 Å². The topological polar surface area (TPSA) is 129 Å². The molecule has 3 fully saturated rings. The number of rotatable bonds is 14. The Morgan fingerprint density at radius 2 is 1.56 bits per heavy atom. The Kier molecular flexibility index (Phi) is 14.7. The highest BCUT2D eigenvalue weighted by atomic mass is 16.6. The summed E-state index contributed by atoms with van der Waals surface area (Å²) >= 11 is 0. The van der Waals surface area contributed by atoms with Gasteiger partial charge in [0.15, 0.2) is 0 Å². The summed E-state index contributed by atoms with van der Waals surface area (Å²) in [7, 11) is 3.77. The molecule has 3 saturated heterocycles. The van der Waals surface area contributed by atoms with E-state index in [0.29, 0.717) is 44.5 Å². The summed E-state index contributed by atoms with van der Waals surface area (Å²) < 4.78 is 11.1. The molecule has 3 aliphatic heterocycles. The molecule has 1 aromatic carbocycles. The molecule has 3 amide bonds. The standard InChI is InChI=1S/C40H63N5O7/c1-9-51-34(46)25-33(28-17-11-10-12-18-28)52-39(50)31-21-16-24-45(31)37(48)30-20-15-23-44(30)26-32(27(2)3)43(8)38(49)35(40(4,5)6)41-36(47)29-19-13-14-22-42(29)7/h10-12,17-18,27,29-33,35H,9,13-16,19-26H2,1-8H3,(H,41,47)/t29-,30+,31+,32-,33?,35-/m1/s1. The van der Waals surface area contributed by atoms with E-state index in [-0.39, 0.29) is 48.8 Å². The van der Waals surface area contributed by atoms with Crippen LogP contribution in [0.2, 0.25) is 0 Å². The predicted octanol–water partition coefficient (Wildman–Crippen LogP) is 4.18. The molecule has 3 heterocycles. The maximum Gasteiger partial charge on any atom is 0.329 e. The van der Waals surface area contributed by atoms with Crippen molar-refractivity contribution in [2.24, 2.45) is 11.3 Å². The molecule has 1 N–H and O–H groups in total. The lowest BCUT2D eigenvalue weighted by Gasteiger charge is -2.41. The fourth-order valence-corrected chi connectivity index (χ4v) is 7.96. The first kappa shape index (κ1) is 41.2. The van der Waals surface area contributed by atoms with Crippen molar-refractivity contribution in [3.63, 3.8) is 0 Å². The normalized spacial score (nSPS) is 23.2. The number of nitrogens with one attached hydrogen (secondary N) is 1. The molecular formula is C40H63N5O7. The maximum absolute atomic E-state index is 14.3. The fourth-order valence-electron chi connectivity index (χ4n) is 7.96. The van der Waals surface area contributed by atoms with Crippen molar-refractivity contribution in [2.75, 3.05) is 46.9 Å². The van der Waals surface area contributed by atoms with E-state index in [1.54, 1.807) is 16.7 Å². The zero-order chi connectivity index (χ0) is 38.2. The predicted molar refractivity (Wildman–Crippen MR) is 199 cm³/mol. The van der Waals surface area contributed by atoms with Gasteiger partial charge in [-0.15, -0.1) is 0 Å². The zero-order valence-corrected chi connectivity index (χ0v) is 32.8. The summed E-state index contributed by atoms with van der Waals surface area (Å²) in [4.78, 5) is 75.8. The van der Waals surface area contributed by atoms with Gasteiger partial charge >= 0.3 is 11.9 Å². The van der Waals surface area contributed by atoms with Gasteiger partial charge in [0.1, 0.15) is 18.2 Å². The number of carbonyl (C=O) groups is 5. The molecule has 3 aliphatic rings. The first-order valence-electron chi connectivity index (χ1n) is 19.4. The van der Waals surface area contributed by atoms with Crippen LogP contribution < -0.4 is 5.32 Å². The summed E-state index contributed by atoms with van der Waals surface area (Å²) in [6, 6.07) is 6.78. The number of nitrogens with zero attached hydrogens (tertiary/aromatic N) is 4. The molecule has 0 radical (unpaired) electrons. The van der Waals surface area contributed by atoms with Gasteiger partial charge in [-0.1, -0.05) is 71.4 Å². The van der Waals surface area contributed by atoms with Gasteiger partial charge in [-0.3, -0.25) is 29.0 Å². The third-order valence-corrected chi connectivity index (χ3v) is 11.1. The summed E-state index contributed by atoms with van der Waals surface area (Å²) in [5, 5.41) is 3.13. The minimum atomic E-state index is -0.821. The molecule has 12 heteroatoms. The zero-order valence-electron chi connectivity index (χ0n) is 32.8. The van der Waals surface area contributed by atoms with Gasteiger partial charge in [0, 0.05) is 26.2 Å². The number of likely N-dealkylation sites (N-methyl/N-ethyl adjacent to an activating group) is 2. The molecule has 1 unspecified atom stereocenters. The van der Waals surface area contributed by atoms with Crippen LogP contribution in [-0.4, -0.2) is 126 Å².